The van der Waals surface area contributed by atoms with Gasteiger partial charge in [-0.1, -0.05) is 237 Å². The number of unbranched alkanes of at least 4 members (excludes halogenated alkanes) is 37. The fourth-order valence-corrected chi connectivity index (χ4v) is 8.63. The van der Waals surface area contributed by atoms with Crippen molar-refractivity contribution in [1.29, 1.82) is 0 Å². The summed E-state index contributed by atoms with van der Waals surface area (Å²) in [4.78, 5) is 24.5. The first-order valence-corrected chi connectivity index (χ1v) is 28.1. The molecule has 6 nitrogen and oxygen atoms in total. The highest BCUT2D eigenvalue weighted by atomic mass is 16.5. The monoisotopic (exact) mass is 888 g/mol. The molecule has 0 saturated heterocycles. The number of amides is 1. The molecule has 0 bridgehead atoms. The van der Waals surface area contributed by atoms with E-state index in [1.807, 2.05) is 0 Å². The molecule has 0 heterocycles. The van der Waals surface area contributed by atoms with Crippen molar-refractivity contribution in [2.24, 2.45) is 0 Å². The molecule has 6 heteroatoms. The zero-order valence-corrected chi connectivity index (χ0v) is 42.3. The number of aliphatic hydroxyl groups excluding tert-OH is 2. The number of esters is 1. The fourth-order valence-electron chi connectivity index (χ4n) is 8.63. The van der Waals surface area contributed by atoms with E-state index in [4.69, 9.17) is 4.74 Å². The Hall–Kier alpha value is -1.66. The van der Waals surface area contributed by atoms with Crippen LogP contribution in [0.25, 0.3) is 0 Å². The number of hydrogen-bond donors (Lipinski definition) is 3. The Bertz CT molecular complexity index is 982. The van der Waals surface area contributed by atoms with Crippen LogP contribution in [0, 0.1) is 0 Å². The van der Waals surface area contributed by atoms with E-state index in [0.29, 0.717) is 25.9 Å². The van der Waals surface area contributed by atoms with Crippen LogP contribution in [-0.2, 0) is 14.3 Å². The molecule has 2 unspecified atom stereocenters. The van der Waals surface area contributed by atoms with Crippen LogP contribution in [0.2, 0.25) is 0 Å². The van der Waals surface area contributed by atoms with E-state index in [-0.39, 0.29) is 18.5 Å². The third-order valence-electron chi connectivity index (χ3n) is 13.0. The topological polar surface area (TPSA) is 95.9 Å². The van der Waals surface area contributed by atoms with Gasteiger partial charge in [0, 0.05) is 12.8 Å². The highest BCUT2D eigenvalue weighted by Crippen LogP contribution is 2.16. The first kappa shape index (κ1) is 61.3. The number of ether oxygens (including phenoxy) is 1. The van der Waals surface area contributed by atoms with Gasteiger partial charge < -0.3 is 20.3 Å². The summed E-state index contributed by atoms with van der Waals surface area (Å²) < 4.78 is 5.49. The van der Waals surface area contributed by atoms with Gasteiger partial charge in [-0.15, -0.1) is 0 Å². The number of carbonyl (C=O) groups excluding carboxylic acids is 2. The van der Waals surface area contributed by atoms with Crippen molar-refractivity contribution in [2.45, 2.75) is 315 Å². The third-order valence-corrected chi connectivity index (χ3v) is 13.0. The molecule has 0 aliphatic carbocycles. The first-order chi connectivity index (χ1) is 31.0. The van der Waals surface area contributed by atoms with Gasteiger partial charge in [0.15, 0.2) is 0 Å². The van der Waals surface area contributed by atoms with Gasteiger partial charge in [0.1, 0.15) is 0 Å². The zero-order chi connectivity index (χ0) is 45.8. The Labute approximate surface area is 392 Å². The van der Waals surface area contributed by atoms with E-state index in [0.717, 1.165) is 57.8 Å². The molecule has 0 aromatic heterocycles. The normalized spacial score (nSPS) is 12.8. The number of carbonyl (C=O) groups is 2. The molecule has 0 radical (unpaired) electrons. The van der Waals surface area contributed by atoms with E-state index in [9.17, 15) is 19.8 Å². The van der Waals surface area contributed by atoms with Crippen molar-refractivity contribution in [1.82, 2.24) is 5.32 Å². The van der Waals surface area contributed by atoms with Crippen molar-refractivity contribution in [3.63, 3.8) is 0 Å². The molecule has 0 spiro atoms. The number of aliphatic hydroxyl groups is 2. The summed E-state index contributed by atoms with van der Waals surface area (Å²) in [6, 6.07) is -0.549. The average Bonchev–Trinajstić information content (AvgIpc) is 3.28. The van der Waals surface area contributed by atoms with Gasteiger partial charge in [-0.3, -0.25) is 9.59 Å². The molecule has 2 atom stereocenters. The molecule has 0 aromatic carbocycles. The van der Waals surface area contributed by atoms with E-state index in [1.54, 1.807) is 0 Å². The highest BCUT2D eigenvalue weighted by Gasteiger charge is 2.20. The van der Waals surface area contributed by atoms with Gasteiger partial charge in [0.25, 0.3) is 0 Å². The van der Waals surface area contributed by atoms with Gasteiger partial charge in [-0.2, -0.15) is 0 Å². The molecule has 1 amide bonds. The Morgan fingerprint density at radius 1 is 0.429 bits per heavy atom. The minimum absolute atomic E-state index is 0.00234. The van der Waals surface area contributed by atoms with E-state index in [1.165, 1.54) is 212 Å². The lowest BCUT2D eigenvalue weighted by Gasteiger charge is -2.22. The summed E-state index contributed by atoms with van der Waals surface area (Å²) in [5.74, 6) is -0.0493. The molecule has 0 fully saturated rings. The van der Waals surface area contributed by atoms with Crippen LogP contribution < -0.4 is 5.32 Å². The standard InChI is InChI=1S/C57H109NO5/c1-3-5-7-9-11-13-14-15-16-17-18-22-25-28-31-35-39-43-47-51-57(62)63-52-48-44-40-36-32-29-26-23-20-19-21-24-27-30-34-38-42-46-50-56(61)58-54(53-59)55(60)49-45-41-37-33-12-10-8-6-4-2/h15-16,21,24,54-55,59-60H,3-14,17-20,22-23,25-53H2,1-2H3,(H,58,61)/b16-15-,24-21-. The molecule has 0 rings (SSSR count). The summed E-state index contributed by atoms with van der Waals surface area (Å²) in [5.41, 5.74) is 0. The summed E-state index contributed by atoms with van der Waals surface area (Å²) in [7, 11) is 0. The molecule has 3 N–H and O–H groups in total. The summed E-state index contributed by atoms with van der Waals surface area (Å²) in [5, 5.41) is 23.1. The SMILES string of the molecule is CCCCCCCC/C=C\CCCCCCCCCCCC(=O)OCCCCCCCCCCC/C=C\CCCCCCCC(=O)NC(CO)C(O)CCCCCCCCCCC. The molecule has 0 aliphatic heterocycles. The lowest BCUT2D eigenvalue weighted by molar-refractivity contribution is -0.143. The Balaban J connectivity index is 3.40. The van der Waals surface area contributed by atoms with Crippen LogP contribution >= 0.6 is 0 Å². The van der Waals surface area contributed by atoms with Crippen molar-refractivity contribution >= 4 is 11.9 Å². The molecule has 63 heavy (non-hydrogen) atoms. The fraction of sp³-hybridized carbons (Fsp3) is 0.895. The second-order valence-electron chi connectivity index (χ2n) is 19.3. The van der Waals surface area contributed by atoms with Crippen LogP contribution in [0.4, 0.5) is 0 Å². The van der Waals surface area contributed by atoms with Gasteiger partial charge in [-0.25, -0.2) is 0 Å². The number of nitrogens with one attached hydrogen (secondary N) is 1. The quantitative estimate of drug-likeness (QED) is 0.0321. The maximum absolute atomic E-state index is 12.4. The Kier molecular flexibility index (Phi) is 51.6. The molecule has 0 aliphatic rings. The van der Waals surface area contributed by atoms with Crippen LogP contribution in [0.15, 0.2) is 24.3 Å². The zero-order valence-electron chi connectivity index (χ0n) is 42.3. The predicted molar refractivity (Wildman–Crippen MR) is 273 cm³/mol. The predicted octanol–water partition coefficient (Wildman–Crippen LogP) is 17.1. The van der Waals surface area contributed by atoms with Crippen molar-refractivity contribution < 1.29 is 24.5 Å². The van der Waals surface area contributed by atoms with E-state index in [2.05, 4.69) is 43.5 Å². The molecular weight excluding hydrogens is 779 g/mol. The smallest absolute Gasteiger partial charge is 0.305 e. The van der Waals surface area contributed by atoms with Gasteiger partial charge >= 0.3 is 5.97 Å². The van der Waals surface area contributed by atoms with Crippen molar-refractivity contribution in [3.05, 3.63) is 24.3 Å². The van der Waals surface area contributed by atoms with Gasteiger partial charge in [0.05, 0.1) is 25.4 Å². The maximum atomic E-state index is 12.4. The molecule has 372 valence electrons. The summed E-state index contributed by atoms with van der Waals surface area (Å²) >= 11 is 0. The molecular formula is C57H109NO5. The maximum Gasteiger partial charge on any atom is 0.305 e. The second-order valence-corrected chi connectivity index (χ2v) is 19.3. The first-order valence-electron chi connectivity index (χ1n) is 28.1. The molecule has 0 saturated carbocycles. The van der Waals surface area contributed by atoms with Gasteiger partial charge in [0.2, 0.25) is 5.91 Å². The van der Waals surface area contributed by atoms with Crippen LogP contribution in [0.5, 0.6) is 0 Å². The Morgan fingerprint density at radius 2 is 0.746 bits per heavy atom. The van der Waals surface area contributed by atoms with Crippen LogP contribution in [0.1, 0.15) is 303 Å². The van der Waals surface area contributed by atoms with E-state index < -0.39 is 12.1 Å². The second kappa shape index (κ2) is 53.0. The summed E-state index contributed by atoms with van der Waals surface area (Å²) in [6.45, 7) is 4.92. The summed E-state index contributed by atoms with van der Waals surface area (Å²) in [6.07, 6.45) is 63.2. The van der Waals surface area contributed by atoms with Crippen molar-refractivity contribution in [2.75, 3.05) is 13.2 Å². The highest BCUT2D eigenvalue weighted by molar-refractivity contribution is 5.76. The van der Waals surface area contributed by atoms with Crippen LogP contribution in [-0.4, -0.2) is 47.4 Å². The lowest BCUT2D eigenvalue weighted by atomic mass is 10.0. The largest absolute Gasteiger partial charge is 0.466 e. The third kappa shape index (κ3) is 49.6. The van der Waals surface area contributed by atoms with Crippen molar-refractivity contribution in [3.8, 4) is 0 Å². The average molecular weight is 889 g/mol. The van der Waals surface area contributed by atoms with Crippen LogP contribution in [0.3, 0.4) is 0 Å². The number of allylic oxidation sites excluding steroid dienone is 4. The Morgan fingerprint density at radius 3 is 1.13 bits per heavy atom. The van der Waals surface area contributed by atoms with E-state index >= 15 is 0 Å². The lowest BCUT2D eigenvalue weighted by Crippen LogP contribution is -2.45. The molecule has 0 aromatic rings. The minimum Gasteiger partial charge on any atom is -0.466 e. The van der Waals surface area contributed by atoms with Gasteiger partial charge in [-0.05, 0) is 77.0 Å². The number of rotatable bonds is 52. The number of hydrogen-bond acceptors (Lipinski definition) is 5. The minimum atomic E-state index is -0.670.